The number of carbonyl (C=O) groups is 2. The maximum Gasteiger partial charge on any atom is 0.241 e. The molecule has 1 fully saturated rings. The first-order valence-corrected chi connectivity index (χ1v) is 11.4. The van der Waals surface area contributed by atoms with E-state index in [-0.39, 0.29) is 47.6 Å². The van der Waals surface area contributed by atoms with Gasteiger partial charge in [0, 0.05) is 12.8 Å². The number of imide groups is 1. The first kappa shape index (κ1) is 22.8. The van der Waals surface area contributed by atoms with Gasteiger partial charge in [-0.15, -0.1) is 0 Å². The summed E-state index contributed by atoms with van der Waals surface area (Å²) in [6, 6.07) is 9.23. The Hall–Kier alpha value is -2.91. The minimum absolute atomic E-state index is 0.0752. The molecule has 1 saturated heterocycles. The van der Waals surface area contributed by atoms with E-state index in [2.05, 4.69) is 4.72 Å². The molecule has 0 radical (unpaired) electrons. The summed E-state index contributed by atoms with van der Waals surface area (Å²) >= 11 is 0. The van der Waals surface area contributed by atoms with Crippen molar-refractivity contribution in [1.29, 1.82) is 0 Å². The Balaban J connectivity index is 1.76. The SMILES string of the molecule is COc1ccc(S(=O)(=O)NC(C)COc2ccc(C)c(C)c2)cc1N1C(=O)CCC1=O. The number of rotatable bonds is 8. The van der Waals surface area contributed by atoms with Crippen molar-refractivity contribution in [2.75, 3.05) is 18.6 Å². The third kappa shape index (κ3) is 5.05. The lowest BCUT2D eigenvalue weighted by Crippen LogP contribution is -2.37. The highest BCUT2D eigenvalue weighted by Crippen LogP contribution is 2.34. The Kier molecular flexibility index (Phi) is 6.66. The number of nitrogens with one attached hydrogen (secondary N) is 1. The molecule has 0 aliphatic carbocycles. The van der Waals surface area contributed by atoms with Gasteiger partial charge in [-0.25, -0.2) is 18.0 Å². The Morgan fingerprint density at radius 3 is 2.32 bits per heavy atom. The quantitative estimate of drug-likeness (QED) is 0.626. The molecular formula is C22H26N2O6S. The molecule has 0 aromatic heterocycles. The van der Waals surface area contributed by atoms with Gasteiger partial charge in [0.2, 0.25) is 21.8 Å². The van der Waals surface area contributed by atoms with Gasteiger partial charge < -0.3 is 9.47 Å². The Morgan fingerprint density at radius 1 is 1.03 bits per heavy atom. The number of amides is 2. The standard InChI is InChI=1S/C22H26N2O6S/c1-14-5-6-17(11-15(14)2)30-13-16(3)23-31(27,28)18-7-8-20(29-4)19(12-18)24-21(25)9-10-22(24)26/h5-8,11-12,16,23H,9-10,13H2,1-4H3. The lowest BCUT2D eigenvalue weighted by Gasteiger charge is -2.20. The predicted molar refractivity (Wildman–Crippen MR) is 116 cm³/mol. The second-order valence-electron chi connectivity index (χ2n) is 7.54. The van der Waals surface area contributed by atoms with Crippen LogP contribution in [-0.4, -0.2) is 40.0 Å². The summed E-state index contributed by atoms with van der Waals surface area (Å²) in [4.78, 5) is 25.2. The first-order chi connectivity index (χ1) is 14.6. The first-order valence-electron chi connectivity index (χ1n) is 9.88. The summed E-state index contributed by atoms with van der Waals surface area (Å²) in [5.74, 6) is 0.127. The molecule has 2 aromatic carbocycles. The molecule has 1 aliphatic rings. The van der Waals surface area contributed by atoms with Gasteiger partial charge >= 0.3 is 0 Å². The van der Waals surface area contributed by atoms with Gasteiger partial charge in [-0.2, -0.15) is 0 Å². The molecule has 31 heavy (non-hydrogen) atoms. The number of ether oxygens (including phenoxy) is 2. The van der Waals surface area contributed by atoms with Crippen molar-refractivity contribution in [1.82, 2.24) is 4.72 Å². The van der Waals surface area contributed by atoms with E-state index in [1.54, 1.807) is 6.92 Å². The van der Waals surface area contributed by atoms with Crippen molar-refractivity contribution >= 4 is 27.5 Å². The van der Waals surface area contributed by atoms with Crippen LogP contribution in [0.1, 0.15) is 30.9 Å². The van der Waals surface area contributed by atoms with E-state index in [1.807, 2.05) is 32.0 Å². The van der Waals surface area contributed by atoms with Crippen LogP contribution in [0.2, 0.25) is 0 Å². The molecule has 1 N–H and O–H groups in total. The van der Waals surface area contributed by atoms with Gasteiger partial charge in [0.05, 0.1) is 23.7 Å². The minimum atomic E-state index is -3.93. The summed E-state index contributed by atoms with van der Waals surface area (Å²) < 4.78 is 39.3. The van der Waals surface area contributed by atoms with Gasteiger partial charge in [-0.1, -0.05) is 6.07 Å². The van der Waals surface area contributed by atoms with Crippen LogP contribution >= 0.6 is 0 Å². The van der Waals surface area contributed by atoms with Gasteiger partial charge in [0.15, 0.2) is 0 Å². The smallest absolute Gasteiger partial charge is 0.241 e. The van der Waals surface area contributed by atoms with Crippen LogP contribution < -0.4 is 19.1 Å². The fourth-order valence-electron chi connectivity index (χ4n) is 3.25. The molecule has 0 spiro atoms. The molecule has 1 atom stereocenters. The van der Waals surface area contributed by atoms with Gasteiger partial charge in [-0.3, -0.25) is 9.59 Å². The van der Waals surface area contributed by atoms with E-state index in [4.69, 9.17) is 9.47 Å². The van der Waals surface area contributed by atoms with Crippen molar-refractivity contribution in [3.8, 4) is 11.5 Å². The van der Waals surface area contributed by atoms with Crippen molar-refractivity contribution in [2.24, 2.45) is 0 Å². The van der Waals surface area contributed by atoms with E-state index >= 15 is 0 Å². The van der Waals surface area contributed by atoms with Crippen molar-refractivity contribution in [3.63, 3.8) is 0 Å². The molecule has 1 aliphatic heterocycles. The van der Waals surface area contributed by atoms with E-state index in [9.17, 15) is 18.0 Å². The summed E-state index contributed by atoms with van der Waals surface area (Å²) in [6.07, 6.45) is 0.175. The molecule has 3 rings (SSSR count). The van der Waals surface area contributed by atoms with Crippen LogP contribution in [0.4, 0.5) is 5.69 Å². The fourth-order valence-corrected chi connectivity index (χ4v) is 4.50. The number of carbonyl (C=O) groups excluding carboxylic acids is 2. The summed E-state index contributed by atoms with van der Waals surface area (Å²) in [5, 5.41) is 0. The molecule has 9 heteroatoms. The number of sulfonamides is 1. The van der Waals surface area contributed by atoms with Crippen molar-refractivity contribution in [3.05, 3.63) is 47.5 Å². The Labute approximate surface area is 182 Å². The largest absolute Gasteiger partial charge is 0.495 e. The average Bonchev–Trinajstić information content (AvgIpc) is 3.06. The van der Waals surface area contributed by atoms with Crippen LogP contribution in [0.15, 0.2) is 41.3 Å². The molecule has 0 saturated carbocycles. The normalized spacial score (nSPS) is 15.3. The number of anilines is 1. The molecule has 8 nitrogen and oxygen atoms in total. The molecule has 2 amide bonds. The van der Waals surface area contributed by atoms with Gasteiger partial charge in [-0.05, 0) is 62.2 Å². The molecule has 2 aromatic rings. The van der Waals surface area contributed by atoms with Gasteiger partial charge in [0.1, 0.15) is 18.1 Å². The predicted octanol–water partition coefficient (Wildman–Crippen LogP) is 2.71. The number of nitrogens with zero attached hydrogens (tertiary/aromatic N) is 1. The monoisotopic (exact) mass is 446 g/mol. The summed E-state index contributed by atoms with van der Waals surface area (Å²) in [5.41, 5.74) is 2.35. The van der Waals surface area contributed by atoms with Crippen LogP contribution in [0.3, 0.4) is 0 Å². The van der Waals surface area contributed by atoms with Crippen molar-refractivity contribution in [2.45, 2.75) is 44.6 Å². The average molecular weight is 447 g/mol. The highest BCUT2D eigenvalue weighted by Gasteiger charge is 2.33. The number of aryl methyl sites for hydroxylation is 2. The third-order valence-electron chi connectivity index (χ3n) is 5.09. The zero-order valence-corrected chi connectivity index (χ0v) is 18.8. The second kappa shape index (κ2) is 9.07. The Morgan fingerprint density at radius 2 is 1.71 bits per heavy atom. The lowest BCUT2D eigenvalue weighted by molar-refractivity contribution is -0.121. The molecular weight excluding hydrogens is 420 g/mol. The van der Waals surface area contributed by atoms with Crippen LogP contribution in [0.25, 0.3) is 0 Å². The van der Waals surface area contributed by atoms with Crippen molar-refractivity contribution < 1.29 is 27.5 Å². The van der Waals surface area contributed by atoms with E-state index in [0.29, 0.717) is 5.75 Å². The molecule has 0 bridgehead atoms. The maximum atomic E-state index is 12.9. The lowest BCUT2D eigenvalue weighted by atomic mass is 10.1. The maximum absolute atomic E-state index is 12.9. The molecule has 1 heterocycles. The second-order valence-corrected chi connectivity index (χ2v) is 9.25. The topological polar surface area (TPSA) is 102 Å². The summed E-state index contributed by atoms with van der Waals surface area (Å²) in [7, 11) is -2.53. The zero-order chi connectivity index (χ0) is 22.8. The number of hydrogen-bond acceptors (Lipinski definition) is 6. The van der Waals surface area contributed by atoms with Crippen LogP contribution in [0, 0.1) is 13.8 Å². The highest BCUT2D eigenvalue weighted by molar-refractivity contribution is 7.89. The molecule has 166 valence electrons. The third-order valence-corrected chi connectivity index (χ3v) is 6.67. The summed E-state index contributed by atoms with van der Waals surface area (Å²) in [6.45, 7) is 5.80. The van der Waals surface area contributed by atoms with E-state index in [1.165, 1.54) is 25.3 Å². The highest BCUT2D eigenvalue weighted by atomic mass is 32.2. The van der Waals surface area contributed by atoms with Gasteiger partial charge in [0.25, 0.3) is 0 Å². The van der Waals surface area contributed by atoms with E-state index < -0.39 is 16.1 Å². The van der Waals surface area contributed by atoms with E-state index in [0.717, 1.165) is 16.0 Å². The number of hydrogen-bond donors (Lipinski definition) is 1. The van der Waals surface area contributed by atoms with Crippen LogP contribution in [-0.2, 0) is 19.6 Å². The number of benzene rings is 2. The Bertz CT molecular complexity index is 1100. The minimum Gasteiger partial charge on any atom is -0.495 e. The van der Waals surface area contributed by atoms with Crippen LogP contribution in [0.5, 0.6) is 11.5 Å². The molecule has 1 unspecified atom stereocenters. The fraction of sp³-hybridized carbons (Fsp3) is 0.364. The number of methoxy groups -OCH3 is 1. The zero-order valence-electron chi connectivity index (χ0n) is 18.0.